The molecule has 1 aromatic heterocycles. The lowest BCUT2D eigenvalue weighted by molar-refractivity contribution is 0.670. The summed E-state index contributed by atoms with van der Waals surface area (Å²) >= 11 is 3.78. The van der Waals surface area contributed by atoms with Crippen molar-refractivity contribution in [1.82, 2.24) is 0 Å². The molecule has 0 fully saturated rings. The molecule has 0 saturated carbocycles. The van der Waals surface area contributed by atoms with E-state index in [-0.39, 0.29) is 0 Å². The Bertz CT molecular complexity index is 1890. The monoisotopic (exact) mass is 580 g/mol. The minimum Gasteiger partial charge on any atom is -0.455 e. The van der Waals surface area contributed by atoms with Gasteiger partial charge in [-0.1, -0.05) is 149 Å². The maximum atomic E-state index is 6.44. The van der Waals surface area contributed by atoms with Gasteiger partial charge in [-0.3, -0.25) is 0 Å². The van der Waals surface area contributed by atoms with Crippen LogP contribution in [0, 0.1) is 0 Å². The maximum absolute atomic E-state index is 6.44. The first-order valence-corrected chi connectivity index (χ1v) is 15.9. The third-order valence-electron chi connectivity index (χ3n) is 7.68. The first-order valence-electron chi connectivity index (χ1n) is 13.1. The highest BCUT2D eigenvalue weighted by Gasteiger charge is 2.41. The molecule has 186 valence electrons. The van der Waals surface area contributed by atoms with Crippen molar-refractivity contribution < 1.29 is 4.42 Å². The van der Waals surface area contributed by atoms with Crippen LogP contribution in [-0.2, 0) is 0 Å². The van der Waals surface area contributed by atoms with Crippen LogP contribution in [0.5, 0.6) is 0 Å². The highest BCUT2D eigenvalue weighted by atomic mass is 79.9. The minimum absolute atomic E-state index is 0.919. The molecule has 3 heteroatoms. The van der Waals surface area contributed by atoms with Crippen LogP contribution >= 0.6 is 15.9 Å². The van der Waals surface area contributed by atoms with E-state index in [0.29, 0.717) is 0 Å². The number of hydrogen-bond acceptors (Lipinski definition) is 1. The zero-order valence-corrected chi connectivity index (χ0v) is 23.8. The van der Waals surface area contributed by atoms with Crippen molar-refractivity contribution in [3.63, 3.8) is 0 Å². The van der Waals surface area contributed by atoms with Gasteiger partial charge in [0.05, 0.1) is 0 Å². The van der Waals surface area contributed by atoms with Gasteiger partial charge in [-0.25, -0.2) is 0 Å². The summed E-state index contributed by atoms with van der Waals surface area (Å²) in [4.78, 5) is 0. The van der Waals surface area contributed by atoms with Gasteiger partial charge < -0.3 is 4.42 Å². The summed E-state index contributed by atoms with van der Waals surface area (Å²) in [5, 5.41) is 7.69. The molecule has 0 aliphatic rings. The standard InChI is InChI=1S/C36H25BrOSi/c37-27-13-10-19-31(25-27)39(28-14-3-1-4-15-28,29-16-5-2-6-17-29)30-18-9-12-26(24-30)32-21-11-22-34-33-20-7-8-23-35(33)38-36(32)34/h1-25H. The van der Waals surface area contributed by atoms with Crippen molar-refractivity contribution in [2.75, 3.05) is 0 Å². The molecular formula is C36H25BrOSi. The van der Waals surface area contributed by atoms with Gasteiger partial charge in [0.2, 0.25) is 0 Å². The first kappa shape index (κ1) is 23.9. The second-order valence-electron chi connectivity index (χ2n) is 9.85. The topological polar surface area (TPSA) is 13.1 Å². The zero-order chi connectivity index (χ0) is 26.2. The third-order valence-corrected chi connectivity index (χ3v) is 12.9. The summed E-state index contributed by atoms with van der Waals surface area (Å²) in [5.74, 6) is 0. The Morgan fingerprint density at radius 2 is 1.03 bits per heavy atom. The molecule has 6 aromatic carbocycles. The number of furan rings is 1. The molecule has 1 heterocycles. The first-order chi connectivity index (χ1) is 19.2. The highest BCUT2D eigenvalue weighted by Crippen LogP contribution is 2.35. The molecule has 7 aromatic rings. The summed E-state index contributed by atoms with van der Waals surface area (Å²) in [5.41, 5.74) is 4.13. The van der Waals surface area contributed by atoms with Gasteiger partial charge in [-0.2, -0.15) is 0 Å². The zero-order valence-electron chi connectivity index (χ0n) is 21.2. The Labute approximate surface area is 237 Å². The quantitative estimate of drug-likeness (QED) is 0.153. The van der Waals surface area contributed by atoms with E-state index in [2.05, 4.69) is 155 Å². The van der Waals surface area contributed by atoms with E-state index >= 15 is 0 Å². The van der Waals surface area contributed by atoms with Crippen LogP contribution in [0.2, 0.25) is 0 Å². The fraction of sp³-hybridized carbons (Fsp3) is 0. The summed E-state index contributed by atoms with van der Waals surface area (Å²) in [6, 6.07) is 54.8. The number of rotatable bonds is 5. The molecule has 7 rings (SSSR count). The molecule has 0 amide bonds. The SMILES string of the molecule is Brc1cccc([Si](c2ccccc2)(c2ccccc2)c2cccc(-c3cccc4c3oc3ccccc34)c2)c1. The van der Waals surface area contributed by atoms with Crippen molar-refractivity contribution in [3.05, 3.63) is 156 Å². The smallest absolute Gasteiger partial charge is 0.179 e. The average molecular weight is 582 g/mol. The normalized spacial score (nSPS) is 11.7. The number of benzene rings is 6. The summed E-state index contributed by atoms with van der Waals surface area (Å²) in [6.07, 6.45) is 0. The summed E-state index contributed by atoms with van der Waals surface area (Å²) < 4.78 is 7.53. The lowest BCUT2D eigenvalue weighted by Crippen LogP contribution is -2.74. The van der Waals surface area contributed by atoms with Crippen molar-refractivity contribution in [2.45, 2.75) is 0 Å². The van der Waals surface area contributed by atoms with Crippen LogP contribution in [-0.4, -0.2) is 8.07 Å². The van der Waals surface area contributed by atoms with Gasteiger partial charge in [-0.05, 0) is 44.5 Å². The molecule has 0 unspecified atom stereocenters. The molecule has 1 nitrogen and oxygen atoms in total. The van der Waals surface area contributed by atoms with Gasteiger partial charge in [0.15, 0.2) is 8.07 Å². The Morgan fingerprint density at radius 1 is 0.462 bits per heavy atom. The second kappa shape index (κ2) is 9.85. The van der Waals surface area contributed by atoms with E-state index in [0.717, 1.165) is 37.5 Å². The van der Waals surface area contributed by atoms with Crippen molar-refractivity contribution >= 4 is 66.7 Å². The van der Waals surface area contributed by atoms with E-state index in [1.54, 1.807) is 0 Å². The molecule has 0 N–H and O–H groups in total. The van der Waals surface area contributed by atoms with E-state index in [4.69, 9.17) is 4.42 Å². The molecule has 0 spiro atoms. The van der Waals surface area contributed by atoms with Crippen molar-refractivity contribution in [3.8, 4) is 11.1 Å². The Hall–Kier alpha value is -4.18. The largest absolute Gasteiger partial charge is 0.455 e. The van der Waals surface area contributed by atoms with Crippen LogP contribution in [0.25, 0.3) is 33.1 Å². The van der Waals surface area contributed by atoms with E-state index in [1.165, 1.54) is 20.7 Å². The van der Waals surface area contributed by atoms with Gasteiger partial charge >= 0.3 is 0 Å². The molecule has 0 atom stereocenters. The Morgan fingerprint density at radius 3 is 1.74 bits per heavy atom. The molecule has 0 bridgehead atoms. The fourth-order valence-electron chi connectivity index (χ4n) is 5.99. The van der Waals surface area contributed by atoms with Crippen LogP contribution in [0.15, 0.2) is 161 Å². The average Bonchev–Trinajstić information content (AvgIpc) is 3.38. The summed E-state index contributed by atoms with van der Waals surface area (Å²) in [6.45, 7) is 0. The Kier molecular flexibility index (Phi) is 6.03. The molecule has 0 saturated heterocycles. The van der Waals surface area contributed by atoms with E-state index < -0.39 is 8.07 Å². The lowest BCUT2D eigenvalue weighted by Gasteiger charge is -2.34. The van der Waals surface area contributed by atoms with Crippen LogP contribution in [0.3, 0.4) is 0 Å². The van der Waals surface area contributed by atoms with Crippen molar-refractivity contribution in [2.24, 2.45) is 0 Å². The highest BCUT2D eigenvalue weighted by molar-refractivity contribution is 9.10. The van der Waals surface area contributed by atoms with Gasteiger partial charge in [0.25, 0.3) is 0 Å². The van der Waals surface area contributed by atoms with Gasteiger partial charge in [0, 0.05) is 20.8 Å². The van der Waals surface area contributed by atoms with E-state index in [1.807, 2.05) is 12.1 Å². The van der Waals surface area contributed by atoms with Crippen LogP contribution < -0.4 is 20.7 Å². The minimum atomic E-state index is -2.66. The van der Waals surface area contributed by atoms with Gasteiger partial charge in [0.1, 0.15) is 11.2 Å². The predicted octanol–water partition coefficient (Wildman–Crippen LogP) is 7.39. The number of hydrogen-bond donors (Lipinski definition) is 0. The maximum Gasteiger partial charge on any atom is 0.179 e. The Balaban J connectivity index is 1.54. The van der Waals surface area contributed by atoms with Crippen LogP contribution in [0.4, 0.5) is 0 Å². The fourth-order valence-corrected chi connectivity index (χ4v) is 11.4. The third kappa shape index (κ3) is 3.97. The molecule has 0 aliphatic heterocycles. The van der Waals surface area contributed by atoms with Crippen LogP contribution in [0.1, 0.15) is 0 Å². The lowest BCUT2D eigenvalue weighted by atomic mass is 10.0. The number of halogens is 1. The van der Waals surface area contributed by atoms with Crippen molar-refractivity contribution in [1.29, 1.82) is 0 Å². The second-order valence-corrected chi connectivity index (χ2v) is 14.6. The summed E-state index contributed by atoms with van der Waals surface area (Å²) in [7, 11) is -2.66. The van der Waals surface area contributed by atoms with E-state index in [9.17, 15) is 0 Å². The number of fused-ring (bicyclic) bond motifs is 3. The molecule has 39 heavy (non-hydrogen) atoms. The number of para-hydroxylation sites is 2. The van der Waals surface area contributed by atoms with Gasteiger partial charge in [-0.15, -0.1) is 0 Å². The molecular weight excluding hydrogens is 556 g/mol. The molecule has 0 aliphatic carbocycles. The molecule has 0 radical (unpaired) electrons. The predicted molar refractivity (Wildman–Crippen MR) is 170 cm³/mol.